The number of hydrogen-bond acceptors (Lipinski definition) is 6. The number of amides is 1. The maximum Gasteiger partial charge on any atom is 0.341 e. The molecule has 1 aliphatic carbocycles. The largest absolute Gasteiger partial charge is 0.493 e. The Morgan fingerprint density at radius 3 is 2.70 bits per heavy atom. The van der Waals surface area contributed by atoms with Gasteiger partial charge in [0.05, 0.1) is 25.9 Å². The summed E-state index contributed by atoms with van der Waals surface area (Å²) in [7, 11) is 1.60. The Morgan fingerprint density at radius 2 is 1.97 bits per heavy atom. The van der Waals surface area contributed by atoms with Crippen LogP contribution in [0.1, 0.15) is 66.4 Å². The molecule has 1 aromatic heterocycles. The number of rotatable bonds is 10. The highest BCUT2D eigenvalue weighted by atomic mass is 32.1. The van der Waals surface area contributed by atoms with Gasteiger partial charge in [-0.25, -0.2) is 4.79 Å². The van der Waals surface area contributed by atoms with Crippen LogP contribution < -0.4 is 14.8 Å². The molecule has 6 nitrogen and oxygen atoms in total. The maximum atomic E-state index is 12.7. The van der Waals surface area contributed by atoms with Gasteiger partial charge in [-0.2, -0.15) is 0 Å². The summed E-state index contributed by atoms with van der Waals surface area (Å²) in [4.78, 5) is 26.4. The van der Waals surface area contributed by atoms with Gasteiger partial charge in [0.1, 0.15) is 5.00 Å². The second-order valence-corrected chi connectivity index (χ2v) is 9.50. The molecule has 2 aromatic rings. The van der Waals surface area contributed by atoms with Gasteiger partial charge in [0, 0.05) is 11.0 Å². The molecule has 0 fully saturated rings. The molecule has 1 amide bonds. The number of carbonyl (C=O) groups excluding carboxylic acids is 2. The molecule has 3 rings (SSSR count). The van der Waals surface area contributed by atoms with E-state index in [-0.39, 0.29) is 11.9 Å². The first-order chi connectivity index (χ1) is 15.9. The van der Waals surface area contributed by atoms with Crippen molar-refractivity contribution in [2.45, 2.75) is 52.9 Å². The molecule has 0 spiro atoms. The molecule has 0 unspecified atom stereocenters. The zero-order chi connectivity index (χ0) is 23.8. The monoisotopic (exact) mass is 471 g/mol. The number of thiophene rings is 1. The van der Waals surface area contributed by atoms with Crippen LogP contribution in [0.25, 0.3) is 6.08 Å². The van der Waals surface area contributed by atoms with E-state index in [0.29, 0.717) is 41.2 Å². The van der Waals surface area contributed by atoms with Crippen molar-refractivity contribution in [2.24, 2.45) is 5.92 Å². The number of esters is 1. The van der Waals surface area contributed by atoms with Crippen molar-refractivity contribution in [2.75, 3.05) is 25.6 Å². The van der Waals surface area contributed by atoms with E-state index >= 15 is 0 Å². The molecule has 178 valence electrons. The van der Waals surface area contributed by atoms with Gasteiger partial charge in [-0.1, -0.05) is 19.9 Å². The molecular formula is C26H33NO5S. The van der Waals surface area contributed by atoms with Crippen molar-refractivity contribution in [3.8, 4) is 11.5 Å². The lowest BCUT2D eigenvalue weighted by atomic mass is 9.95. The predicted molar refractivity (Wildman–Crippen MR) is 133 cm³/mol. The van der Waals surface area contributed by atoms with Gasteiger partial charge in [0.2, 0.25) is 5.91 Å². The normalized spacial score (nSPS) is 13.1. The third-order valence-electron chi connectivity index (χ3n) is 5.46. The summed E-state index contributed by atoms with van der Waals surface area (Å²) >= 11 is 1.48. The summed E-state index contributed by atoms with van der Waals surface area (Å²) in [5, 5.41) is 3.46. The number of anilines is 1. The number of ether oxygens (including phenoxy) is 3. The molecule has 0 saturated heterocycles. The van der Waals surface area contributed by atoms with E-state index in [9.17, 15) is 9.59 Å². The number of benzene rings is 1. The molecule has 0 bridgehead atoms. The van der Waals surface area contributed by atoms with E-state index in [1.54, 1.807) is 20.1 Å². The van der Waals surface area contributed by atoms with E-state index in [1.807, 2.05) is 18.2 Å². The maximum absolute atomic E-state index is 12.7. The standard InChI is InChI=1S/C26H33NO5S/c1-5-31-26(29)24-19-8-6-7-9-22(19)33-25(24)27-23(28)13-11-18-10-12-20(21(16-18)30-4)32-15-14-17(2)3/h10-13,16-17H,5-9,14-15H2,1-4H3,(H,27,28)/b13-11+. The zero-order valence-corrected chi connectivity index (χ0v) is 20.7. The number of nitrogens with one attached hydrogen (secondary N) is 1. The molecule has 1 heterocycles. The number of hydrogen-bond donors (Lipinski definition) is 1. The van der Waals surface area contributed by atoms with Crippen LogP contribution in [0.5, 0.6) is 11.5 Å². The van der Waals surface area contributed by atoms with Crippen molar-refractivity contribution in [1.29, 1.82) is 0 Å². The topological polar surface area (TPSA) is 73.9 Å². The van der Waals surface area contributed by atoms with Crippen molar-refractivity contribution >= 4 is 34.3 Å². The second-order valence-electron chi connectivity index (χ2n) is 8.40. The quantitative estimate of drug-likeness (QED) is 0.345. The van der Waals surface area contributed by atoms with Gasteiger partial charge in [-0.05, 0) is 74.3 Å². The first-order valence-corrected chi connectivity index (χ1v) is 12.4. The molecule has 1 aromatic carbocycles. The van der Waals surface area contributed by atoms with Crippen LogP contribution in [-0.2, 0) is 22.4 Å². The summed E-state index contributed by atoms with van der Waals surface area (Å²) in [6.45, 7) is 7.02. The highest BCUT2D eigenvalue weighted by Gasteiger charge is 2.26. The third kappa shape index (κ3) is 6.60. The minimum absolute atomic E-state index is 0.296. The molecular weight excluding hydrogens is 438 g/mol. The molecule has 0 radical (unpaired) electrons. The number of fused-ring (bicyclic) bond motifs is 1. The predicted octanol–water partition coefficient (Wildman–Crippen LogP) is 5.89. The smallest absolute Gasteiger partial charge is 0.341 e. The number of methoxy groups -OCH3 is 1. The molecule has 7 heteroatoms. The van der Waals surface area contributed by atoms with Crippen molar-refractivity contribution < 1.29 is 23.8 Å². The Kier molecular flexibility index (Phi) is 8.95. The van der Waals surface area contributed by atoms with Crippen LogP contribution >= 0.6 is 11.3 Å². The fourth-order valence-corrected chi connectivity index (χ4v) is 4.99. The Bertz CT molecular complexity index is 1010. The van der Waals surface area contributed by atoms with Gasteiger partial charge in [-0.3, -0.25) is 4.79 Å². The lowest BCUT2D eigenvalue weighted by molar-refractivity contribution is -0.111. The fraction of sp³-hybridized carbons (Fsp3) is 0.462. The number of aryl methyl sites for hydroxylation is 1. The Morgan fingerprint density at radius 1 is 1.18 bits per heavy atom. The van der Waals surface area contributed by atoms with Crippen LogP contribution in [0, 0.1) is 5.92 Å². The summed E-state index contributed by atoms with van der Waals surface area (Å²) in [6, 6.07) is 5.57. The summed E-state index contributed by atoms with van der Waals surface area (Å²) < 4.78 is 16.5. The minimum atomic E-state index is -0.367. The van der Waals surface area contributed by atoms with E-state index < -0.39 is 0 Å². The average Bonchev–Trinajstić information content (AvgIpc) is 3.15. The van der Waals surface area contributed by atoms with E-state index in [0.717, 1.165) is 43.2 Å². The minimum Gasteiger partial charge on any atom is -0.493 e. The van der Waals surface area contributed by atoms with Crippen molar-refractivity contribution in [3.05, 3.63) is 45.8 Å². The first kappa shape index (κ1) is 24.8. The zero-order valence-electron chi connectivity index (χ0n) is 19.9. The van der Waals surface area contributed by atoms with E-state index in [1.165, 1.54) is 22.3 Å². The lowest BCUT2D eigenvalue weighted by Gasteiger charge is -2.12. The highest BCUT2D eigenvalue weighted by molar-refractivity contribution is 7.17. The van der Waals surface area contributed by atoms with Gasteiger partial charge in [-0.15, -0.1) is 11.3 Å². The number of carbonyl (C=O) groups is 2. The molecule has 0 aliphatic heterocycles. The Labute approximate surface area is 199 Å². The molecule has 0 atom stereocenters. The molecule has 33 heavy (non-hydrogen) atoms. The van der Waals surface area contributed by atoms with E-state index in [4.69, 9.17) is 14.2 Å². The fourth-order valence-electron chi connectivity index (χ4n) is 3.71. The molecule has 1 aliphatic rings. The van der Waals surface area contributed by atoms with Crippen LogP contribution in [0.15, 0.2) is 24.3 Å². The summed E-state index contributed by atoms with van der Waals surface area (Å²) in [5.74, 6) is 1.21. The SMILES string of the molecule is CCOC(=O)c1c(NC(=O)/C=C/c2ccc(OCCC(C)C)c(OC)c2)sc2c1CCCC2. The molecule has 0 saturated carbocycles. The first-order valence-electron chi connectivity index (χ1n) is 11.5. The lowest BCUT2D eigenvalue weighted by Crippen LogP contribution is -2.14. The summed E-state index contributed by atoms with van der Waals surface area (Å²) in [6.07, 6.45) is 8.06. The van der Waals surface area contributed by atoms with Gasteiger partial charge >= 0.3 is 5.97 Å². The second kappa shape index (κ2) is 11.9. The van der Waals surface area contributed by atoms with Gasteiger partial charge in [0.15, 0.2) is 11.5 Å². The summed E-state index contributed by atoms with van der Waals surface area (Å²) in [5.41, 5.74) is 2.36. The van der Waals surface area contributed by atoms with Crippen molar-refractivity contribution in [1.82, 2.24) is 0 Å². The Balaban J connectivity index is 1.71. The Hall–Kier alpha value is -2.80. The van der Waals surface area contributed by atoms with E-state index in [2.05, 4.69) is 19.2 Å². The van der Waals surface area contributed by atoms with Crippen LogP contribution in [0.3, 0.4) is 0 Å². The average molecular weight is 472 g/mol. The third-order valence-corrected chi connectivity index (χ3v) is 6.66. The van der Waals surface area contributed by atoms with Crippen molar-refractivity contribution in [3.63, 3.8) is 0 Å². The van der Waals surface area contributed by atoms with Gasteiger partial charge in [0.25, 0.3) is 0 Å². The van der Waals surface area contributed by atoms with Crippen LogP contribution in [-0.4, -0.2) is 32.2 Å². The highest BCUT2D eigenvalue weighted by Crippen LogP contribution is 2.38. The van der Waals surface area contributed by atoms with Gasteiger partial charge < -0.3 is 19.5 Å². The van der Waals surface area contributed by atoms with Crippen LogP contribution in [0.4, 0.5) is 5.00 Å². The van der Waals surface area contributed by atoms with Crippen LogP contribution in [0.2, 0.25) is 0 Å². The molecule has 1 N–H and O–H groups in total.